The van der Waals surface area contributed by atoms with Gasteiger partial charge in [0.2, 0.25) is 0 Å². The number of carbonyl (C=O) groups is 2. The Bertz CT molecular complexity index is 479. The Hall–Kier alpha value is -2.20. The number of allylic oxidation sites excluding steroid dienone is 1. The summed E-state index contributed by atoms with van der Waals surface area (Å²) < 4.78 is 67.8. The molecule has 0 radical (unpaired) electrons. The summed E-state index contributed by atoms with van der Waals surface area (Å²) in [6.45, 7) is -0.0532. The summed E-state index contributed by atoms with van der Waals surface area (Å²) in [6, 6.07) is 0. The molecule has 0 spiro atoms. The average molecular weight is 334 g/mol. The number of alkyl halides is 6. The molecule has 0 aromatic heterocycles. The van der Waals surface area contributed by atoms with Crippen molar-refractivity contribution in [2.45, 2.75) is 12.4 Å². The number of carboxylic acids is 1. The number of aliphatic carboxylic acids is 1. The van der Waals surface area contributed by atoms with Gasteiger partial charge < -0.3 is 14.9 Å². The molecule has 0 aromatic rings. The number of halogens is 6. The van der Waals surface area contributed by atoms with Crippen molar-refractivity contribution in [1.82, 2.24) is 9.80 Å². The molecule has 0 unspecified atom stereocenters. The minimum absolute atomic E-state index is 0.0532. The molecule has 0 saturated carbocycles. The van der Waals surface area contributed by atoms with E-state index in [0.29, 0.717) is 4.90 Å². The second-order valence-electron chi connectivity index (χ2n) is 4.10. The third kappa shape index (κ3) is 6.50. The highest BCUT2D eigenvalue weighted by molar-refractivity contribution is 5.83. The Morgan fingerprint density at radius 3 is 1.82 bits per heavy atom. The van der Waals surface area contributed by atoms with Crippen LogP contribution in [-0.4, -0.2) is 59.8 Å². The first-order chi connectivity index (χ1) is 9.76. The molecule has 126 valence electrons. The summed E-state index contributed by atoms with van der Waals surface area (Å²) in [4.78, 5) is 22.1. The third-order valence-electron chi connectivity index (χ3n) is 2.18. The highest BCUT2D eigenvalue weighted by Gasteiger charge is 2.42. The SMILES string of the molecule is CN(C)C1=CCN(C(=O)C(F)(F)F)C=C1.O=C(O)C(F)(F)F. The molecule has 0 aromatic carbocycles. The van der Waals surface area contributed by atoms with Gasteiger partial charge in [0.05, 0.1) is 0 Å². The molecular weight excluding hydrogens is 322 g/mol. The van der Waals surface area contributed by atoms with Crippen molar-refractivity contribution in [3.63, 3.8) is 0 Å². The smallest absolute Gasteiger partial charge is 0.475 e. The molecule has 1 aliphatic rings. The van der Waals surface area contributed by atoms with Crippen LogP contribution in [0.25, 0.3) is 0 Å². The molecule has 0 bridgehead atoms. The van der Waals surface area contributed by atoms with E-state index in [1.165, 1.54) is 6.08 Å². The number of hydrogen-bond acceptors (Lipinski definition) is 3. The second-order valence-corrected chi connectivity index (χ2v) is 4.10. The summed E-state index contributed by atoms with van der Waals surface area (Å²) in [5.74, 6) is -4.60. The largest absolute Gasteiger partial charge is 0.490 e. The maximum absolute atomic E-state index is 12.0. The summed E-state index contributed by atoms with van der Waals surface area (Å²) in [5, 5.41) is 7.12. The number of rotatable bonds is 1. The van der Waals surface area contributed by atoms with E-state index in [1.807, 2.05) is 0 Å². The van der Waals surface area contributed by atoms with Crippen molar-refractivity contribution in [1.29, 1.82) is 0 Å². The van der Waals surface area contributed by atoms with Gasteiger partial charge >= 0.3 is 24.2 Å². The van der Waals surface area contributed by atoms with E-state index < -0.39 is 24.2 Å². The molecular formula is C11H12F6N2O3. The van der Waals surface area contributed by atoms with Crippen molar-refractivity contribution < 1.29 is 41.0 Å². The van der Waals surface area contributed by atoms with E-state index in [4.69, 9.17) is 9.90 Å². The van der Waals surface area contributed by atoms with Gasteiger partial charge in [0.25, 0.3) is 0 Å². The molecule has 1 N–H and O–H groups in total. The molecule has 5 nitrogen and oxygen atoms in total. The van der Waals surface area contributed by atoms with Crippen molar-refractivity contribution in [3.8, 4) is 0 Å². The van der Waals surface area contributed by atoms with Crippen LogP contribution in [0.15, 0.2) is 24.0 Å². The van der Waals surface area contributed by atoms with E-state index >= 15 is 0 Å². The Balaban J connectivity index is 0.000000534. The molecule has 11 heteroatoms. The van der Waals surface area contributed by atoms with Crippen molar-refractivity contribution >= 4 is 11.9 Å². The summed E-state index contributed by atoms with van der Waals surface area (Å²) >= 11 is 0. The fraction of sp³-hybridized carbons (Fsp3) is 0.455. The third-order valence-corrected chi connectivity index (χ3v) is 2.18. The van der Waals surface area contributed by atoms with Crippen LogP contribution in [0, 0.1) is 0 Å². The van der Waals surface area contributed by atoms with Crippen LogP contribution in [0.5, 0.6) is 0 Å². The Morgan fingerprint density at radius 1 is 1.14 bits per heavy atom. The van der Waals surface area contributed by atoms with Gasteiger partial charge in [0, 0.05) is 32.5 Å². The Morgan fingerprint density at radius 2 is 1.59 bits per heavy atom. The van der Waals surface area contributed by atoms with Gasteiger partial charge in [-0.3, -0.25) is 4.79 Å². The van der Waals surface area contributed by atoms with Crippen LogP contribution in [0.2, 0.25) is 0 Å². The van der Waals surface area contributed by atoms with Crippen LogP contribution in [0.3, 0.4) is 0 Å². The quantitative estimate of drug-likeness (QED) is 0.745. The highest BCUT2D eigenvalue weighted by atomic mass is 19.4. The molecule has 1 rings (SSSR count). The van der Waals surface area contributed by atoms with Crippen molar-refractivity contribution in [2.24, 2.45) is 0 Å². The lowest BCUT2D eigenvalue weighted by molar-refractivity contribution is -0.192. The van der Waals surface area contributed by atoms with Crippen LogP contribution < -0.4 is 0 Å². The minimum atomic E-state index is -5.08. The van der Waals surface area contributed by atoms with Gasteiger partial charge in [0.1, 0.15) is 0 Å². The maximum Gasteiger partial charge on any atom is 0.490 e. The normalized spacial score (nSPS) is 14.7. The molecule has 22 heavy (non-hydrogen) atoms. The first-order valence-corrected chi connectivity index (χ1v) is 5.50. The lowest BCUT2D eigenvalue weighted by Gasteiger charge is -2.24. The van der Waals surface area contributed by atoms with Crippen molar-refractivity contribution in [3.05, 3.63) is 24.0 Å². The lowest BCUT2D eigenvalue weighted by atomic mass is 10.2. The number of likely N-dealkylation sites (N-methyl/N-ethyl adjacent to an activating group) is 1. The van der Waals surface area contributed by atoms with Gasteiger partial charge in [0.15, 0.2) is 0 Å². The van der Waals surface area contributed by atoms with Gasteiger partial charge in [-0.05, 0) is 12.2 Å². The first kappa shape index (κ1) is 19.8. The van der Waals surface area contributed by atoms with E-state index in [2.05, 4.69) is 0 Å². The van der Waals surface area contributed by atoms with Crippen LogP contribution in [0.4, 0.5) is 26.3 Å². The molecule has 0 atom stereocenters. The zero-order chi connectivity index (χ0) is 17.7. The number of carboxylic acid groups (broad SMARTS) is 1. The van der Waals surface area contributed by atoms with E-state index in [0.717, 1.165) is 11.9 Å². The molecule has 1 heterocycles. The molecule has 1 amide bonds. The minimum Gasteiger partial charge on any atom is -0.475 e. The Kier molecular flexibility index (Phi) is 6.46. The summed E-state index contributed by atoms with van der Waals surface area (Å²) in [5.41, 5.74) is 0.779. The van der Waals surface area contributed by atoms with Gasteiger partial charge in [-0.2, -0.15) is 26.3 Å². The monoisotopic (exact) mass is 334 g/mol. The highest BCUT2D eigenvalue weighted by Crippen LogP contribution is 2.20. The lowest BCUT2D eigenvalue weighted by Crippen LogP contribution is -2.39. The second kappa shape index (κ2) is 7.18. The number of amides is 1. The van der Waals surface area contributed by atoms with Crippen LogP contribution >= 0.6 is 0 Å². The number of hydrogen-bond donors (Lipinski definition) is 1. The predicted molar refractivity (Wildman–Crippen MR) is 62.4 cm³/mol. The first-order valence-electron chi connectivity index (χ1n) is 5.50. The van der Waals surface area contributed by atoms with Crippen LogP contribution in [0.1, 0.15) is 0 Å². The van der Waals surface area contributed by atoms with Gasteiger partial charge in [-0.1, -0.05) is 0 Å². The summed E-state index contributed by atoms with van der Waals surface area (Å²) in [6.07, 6.45) is -5.73. The topological polar surface area (TPSA) is 60.9 Å². The average Bonchev–Trinajstić information content (AvgIpc) is 2.36. The van der Waals surface area contributed by atoms with E-state index in [1.54, 1.807) is 25.1 Å². The number of carbonyl (C=O) groups excluding carboxylic acids is 1. The van der Waals surface area contributed by atoms with Crippen LogP contribution in [-0.2, 0) is 9.59 Å². The predicted octanol–water partition coefficient (Wildman–Crippen LogP) is 1.98. The van der Waals surface area contributed by atoms with E-state index in [-0.39, 0.29) is 6.54 Å². The maximum atomic E-state index is 12.0. The van der Waals surface area contributed by atoms with Gasteiger partial charge in [-0.25, -0.2) is 4.79 Å². The number of nitrogens with zero attached hydrogens (tertiary/aromatic N) is 2. The fourth-order valence-corrected chi connectivity index (χ4v) is 1.13. The fourth-order valence-electron chi connectivity index (χ4n) is 1.13. The standard InChI is InChI=1S/C9H11F3N2O.C2HF3O2/c1-13(2)7-3-5-14(6-4-7)8(15)9(10,11)12;3-2(4,5)1(6)7/h3-5H,6H2,1-2H3;(H,6,7). The molecule has 0 saturated heterocycles. The van der Waals surface area contributed by atoms with E-state index in [9.17, 15) is 31.1 Å². The molecule has 0 fully saturated rings. The van der Waals surface area contributed by atoms with Gasteiger partial charge in [-0.15, -0.1) is 0 Å². The zero-order valence-electron chi connectivity index (χ0n) is 11.4. The molecule has 0 aliphatic carbocycles. The van der Waals surface area contributed by atoms with Crippen molar-refractivity contribution in [2.75, 3.05) is 20.6 Å². The molecule has 1 aliphatic heterocycles. The Labute approximate surface area is 121 Å². The summed E-state index contributed by atoms with van der Waals surface area (Å²) in [7, 11) is 3.55. The zero-order valence-corrected chi connectivity index (χ0v) is 11.4.